The number of aromatic nitrogens is 1. The van der Waals surface area contributed by atoms with Gasteiger partial charge in [0, 0.05) is 57.9 Å². The average molecular weight is 794 g/mol. The second-order valence-corrected chi connectivity index (χ2v) is 16.3. The molecule has 14 rings (SSSR count). The molecule has 4 aliphatic heterocycles. The number of rotatable bonds is 5. The quantitative estimate of drug-likeness (QED) is 0.163. The standard InChI is InChI=1S/C54H32B2N2O4/c1-4-16-33(17-5-1)57-43-26-14-11-23-38(43)55-40-30-41-47(62-50-29-36(59-34-18-6-2-7-19-34)28-49-53(50)56(41)39-24-12-15-27-46(39)61-49)31-44(40)58-42-25-13-10-22-37(42)51-48(32-45(57)52(55)54(51)58)60-35-20-8-3-9-21-35/h1-32H. The van der Waals surface area contributed by atoms with Crippen LogP contribution in [0.2, 0.25) is 0 Å². The fraction of sp³-hybridized carbons (Fsp3) is 0. The van der Waals surface area contributed by atoms with Crippen LogP contribution >= 0.6 is 0 Å². The number of ether oxygens (including phenoxy) is 4. The first-order valence-electron chi connectivity index (χ1n) is 21.1. The number of hydrogen-bond donors (Lipinski definition) is 0. The summed E-state index contributed by atoms with van der Waals surface area (Å²) in [6, 6.07) is 67.6. The van der Waals surface area contributed by atoms with Crippen LogP contribution in [0.5, 0.6) is 46.0 Å². The maximum Gasteiger partial charge on any atom is 0.260 e. The monoisotopic (exact) mass is 794 g/mol. The molecule has 62 heavy (non-hydrogen) atoms. The predicted octanol–water partition coefficient (Wildman–Crippen LogP) is 9.71. The highest BCUT2D eigenvalue weighted by Crippen LogP contribution is 2.48. The molecule has 0 unspecified atom stereocenters. The molecule has 8 heteroatoms. The third-order valence-electron chi connectivity index (χ3n) is 13.0. The summed E-state index contributed by atoms with van der Waals surface area (Å²) in [5.41, 5.74) is 13.6. The second-order valence-electron chi connectivity index (χ2n) is 16.3. The Morgan fingerprint density at radius 1 is 0.403 bits per heavy atom. The summed E-state index contributed by atoms with van der Waals surface area (Å²) in [6.45, 7) is -0.225. The van der Waals surface area contributed by atoms with Crippen molar-refractivity contribution in [2.45, 2.75) is 0 Å². The molecule has 0 aliphatic carbocycles. The summed E-state index contributed by atoms with van der Waals surface area (Å²) in [7, 11) is 0. The zero-order valence-electron chi connectivity index (χ0n) is 33.2. The van der Waals surface area contributed by atoms with E-state index in [1.54, 1.807) is 0 Å². The number of hydrogen-bond acceptors (Lipinski definition) is 5. The summed E-state index contributed by atoms with van der Waals surface area (Å²) in [6.07, 6.45) is 0. The van der Waals surface area contributed by atoms with E-state index in [9.17, 15) is 0 Å². The molecule has 0 spiro atoms. The van der Waals surface area contributed by atoms with Crippen molar-refractivity contribution in [3.63, 3.8) is 0 Å². The maximum atomic E-state index is 7.10. The van der Waals surface area contributed by atoms with Gasteiger partial charge in [-0.25, -0.2) is 0 Å². The first kappa shape index (κ1) is 33.7. The van der Waals surface area contributed by atoms with Gasteiger partial charge in [0.15, 0.2) is 0 Å². The SMILES string of the molecule is c1ccc(Oc2cc3c4c(c2)Oc2cc5c(cc2B4c2ccccc2O3)B2c3ccccc3N(c3ccccc3)c3cc(Oc4ccccc4)c4c6ccccc6n-5c4c32)cc1. The van der Waals surface area contributed by atoms with Gasteiger partial charge in [-0.05, 0) is 81.9 Å². The van der Waals surface area contributed by atoms with Crippen LogP contribution in [0.3, 0.4) is 0 Å². The van der Waals surface area contributed by atoms with Gasteiger partial charge in [-0.15, -0.1) is 0 Å². The van der Waals surface area contributed by atoms with E-state index < -0.39 is 0 Å². The van der Waals surface area contributed by atoms with E-state index in [0.717, 1.165) is 101 Å². The van der Waals surface area contributed by atoms with Crippen LogP contribution in [-0.2, 0) is 0 Å². The van der Waals surface area contributed by atoms with E-state index in [4.69, 9.17) is 18.9 Å². The molecule has 0 radical (unpaired) electrons. The van der Waals surface area contributed by atoms with Gasteiger partial charge in [0.2, 0.25) is 0 Å². The lowest BCUT2D eigenvalue weighted by molar-refractivity contribution is 0.443. The Bertz CT molecular complexity index is 3500. The van der Waals surface area contributed by atoms with E-state index in [-0.39, 0.29) is 13.4 Å². The van der Waals surface area contributed by atoms with E-state index in [2.05, 4.69) is 125 Å². The molecule has 0 bridgehead atoms. The smallest absolute Gasteiger partial charge is 0.260 e. The van der Waals surface area contributed by atoms with Gasteiger partial charge in [-0.1, -0.05) is 115 Å². The molecule has 0 fully saturated rings. The number of para-hydroxylation sites is 6. The minimum absolute atomic E-state index is 0.0934. The minimum Gasteiger partial charge on any atom is -0.458 e. The van der Waals surface area contributed by atoms with E-state index in [1.807, 2.05) is 78.9 Å². The molecule has 10 aromatic rings. The van der Waals surface area contributed by atoms with Crippen LogP contribution in [0, 0.1) is 0 Å². The zero-order chi connectivity index (χ0) is 40.5. The normalized spacial score (nSPS) is 13.3. The van der Waals surface area contributed by atoms with Crippen molar-refractivity contribution >= 4 is 85.1 Å². The molecular formula is C54H32B2N2O4. The Hall–Kier alpha value is -8.09. The summed E-state index contributed by atoms with van der Waals surface area (Å²) in [5.74, 6) is 6.08. The van der Waals surface area contributed by atoms with Gasteiger partial charge in [0.1, 0.15) is 46.0 Å². The van der Waals surface area contributed by atoms with Crippen LogP contribution < -0.4 is 56.6 Å². The fourth-order valence-electron chi connectivity index (χ4n) is 10.5. The highest BCUT2D eigenvalue weighted by atomic mass is 16.5. The summed E-state index contributed by atoms with van der Waals surface area (Å²) in [5, 5.41) is 2.21. The maximum absolute atomic E-state index is 7.10. The Balaban J connectivity index is 1.07. The number of anilines is 3. The molecule has 4 aliphatic rings. The predicted molar refractivity (Wildman–Crippen MR) is 251 cm³/mol. The van der Waals surface area contributed by atoms with Gasteiger partial charge >= 0.3 is 0 Å². The molecule has 0 atom stereocenters. The number of fused-ring (bicyclic) bond motifs is 12. The van der Waals surface area contributed by atoms with Gasteiger partial charge in [-0.3, -0.25) is 0 Å². The number of benzene rings is 9. The van der Waals surface area contributed by atoms with Crippen molar-refractivity contribution in [2.75, 3.05) is 4.90 Å². The van der Waals surface area contributed by atoms with E-state index in [1.165, 1.54) is 16.4 Å². The summed E-state index contributed by atoms with van der Waals surface area (Å²) < 4.78 is 29.7. The Morgan fingerprint density at radius 2 is 1.03 bits per heavy atom. The first-order chi connectivity index (χ1) is 30.7. The van der Waals surface area contributed by atoms with Gasteiger partial charge in [0.05, 0.1) is 16.4 Å². The lowest BCUT2D eigenvalue weighted by atomic mass is 9.31. The molecule has 0 saturated heterocycles. The van der Waals surface area contributed by atoms with Gasteiger partial charge in [0.25, 0.3) is 13.4 Å². The highest BCUT2D eigenvalue weighted by molar-refractivity contribution is 7.02. The highest BCUT2D eigenvalue weighted by Gasteiger charge is 2.46. The lowest BCUT2D eigenvalue weighted by Gasteiger charge is -2.41. The molecule has 288 valence electrons. The Labute approximate surface area is 357 Å². The summed E-state index contributed by atoms with van der Waals surface area (Å²) >= 11 is 0. The average Bonchev–Trinajstić information content (AvgIpc) is 3.67. The van der Waals surface area contributed by atoms with Crippen LogP contribution in [-0.4, -0.2) is 18.0 Å². The molecule has 0 saturated carbocycles. The third-order valence-corrected chi connectivity index (χ3v) is 13.0. The molecule has 1 aromatic heterocycles. The zero-order valence-corrected chi connectivity index (χ0v) is 33.2. The van der Waals surface area contributed by atoms with E-state index in [0.29, 0.717) is 5.75 Å². The second kappa shape index (κ2) is 12.7. The van der Waals surface area contributed by atoms with Crippen molar-refractivity contribution in [1.82, 2.24) is 4.57 Å². The van der Waals surface area contributed by atoms with Crippen LogP contribution in [0.15, 0.2) is 194 Å². The van der Waals surface area contributed by atoms with Crippen molar-refractivity contribution in [1.29, 1.82) is 0 Å². The molecule has 0 amide bonds. The Kier molecular flexibility index (Phi) is 6.91. The van der Waals surface area contributed by atoms with Crippen LogP contribution in [0.25, 0.3) is 27.5 Å². The van der Waals surface area contributed by atoms with Crippen molar-refractivity contribution < 1.29 is 18.9 Å². The Morgan fingerprint density at radius 3 is 1.82 bits per heavy atom. The molecular weight excluding hydrogens is 762 g/mol. The number of nitrogens with zero attached hydrogens (tertiary/aromatic N) is 2. The van der Waals surface area contributed by atoms with Gasteiger partial charge < -0.3 is 28.4 Å². The molecule has 0 N–H and O–H groups in total. The van der Waals surface area contributed by atoms with Crippen molar-refractivity contribution in [2.24, 2.45) is 0 Å². The third kappa shape index (κ3) is 4.72. The topological polar surface area (TPSA) is 45.1 Å². The lowest BCUT2D eigenvalue weighted by Crippen LogP contribution is -2.63. The molecule has 6 nitrogen and oxygen atoms in total. The fourth-order valence-corrected chi connectivity index (χ4v) is 10.5. The van der Waals surface area contributed by atoms with Crippen LogP contribution in [0.1, 0.15) is 0 Å². The minimum atomic E-state index is -0.131. The van der Waals surface area contributed by atoms with Crippen LogP contribution in [0.4, 0.5) is 17.1 Å². The summed E-state index contributed by atoms with van der Waals surface area (Å²) in [4.78, 5) is 2.42. The molecule has 9 aromatic carbocycles. The van der Waals surface area contributed by atoms with Crippen molar-refractivity contribution in [3.8, 4) is 51.7 Å². The largest absolute Gasteiger partial charge is 0.458 e. The van der Waals surface area contributed by atoms with Crippen molar-refractivity contribution in [3.05, 3.63) is 194 Å². The van der Waals surface area contributed by atoms with Gasteiger partial charge in [-0.2, -0.15) is 0 Å². The first-order valence-corrected chi connectivity index (χ1v) is 21.1. The molecule has 5 heterocycles. The van der Waals surface area contributed by atoms with E-state index >= 15 is 0 Å².